The number of benzene rings is 2. The van der Waals surface area contributed by atoms with Gasteiger partial charge in [-0.3, -0.25) is 19.4 Å². The third-order valence-electron chi connectivity index (χ3n) is 4.93. The molecule has 9 nitrogen and oxygen atoms in total. The third-order valence-corrected chi connectivity index (χ3v) is 4.93. The first-order valence-corrected chi connectivity index (χ1v) is 9.70. The number of carbonyl (C=O) groups excluding carboxylic acids is 2. The van der Waals surface area contributed by atoms with Crippen LogP contribution < -0.4 is 26.2 Å². The van der Waals surface area contributed by atoms with Crippen LogP contribution in [-0.2, 0) is 16.1 Å². The number of H-pyrrole nitrogens is 1. The Kier molecular flexibility index (Phi) is 5.65. The van der Waals surface area contributed by atoms with Gasteiger partial charge in [0.1, 0.15) is 11.6 Å². The summed E-state index contributed by atoms with van der Waals surface area (Å²) in [6.07, 6.45) is -0.121. The lowest BCUT2D eigenvalue weighted by Gasteiger charge is -2.23. The first-order chi connectivity index (χ1) is 15.0. The van der Waals surface area contributed by atoms with E-state index in [0.717, 1.165) is 5.56 Å². The van der Waals surface area contributed by atoms with E-state index in [9.17, 15) is 14.4 Å². The molecule has 0 aliphatic carbocycles. The quantitative estimate of drug-likeness (QED) is 0.486. The molecule has 0 spiro atoms. The second-order valence-electron chi connectivity index (χ2n) is 7.04. The van der Waals surface area contributed by atoms with Gasteiger partial charge in [-0.25, -0.2) is 0 Å². The van der Waals surface area contributed by atoms with Crippen LogP contribution in [0.15, 0.2) is 59.4 Å². The summed E-state index contributed by atoms with van der Waals surface area (Å²) in [5.41, 5.74) is 1.25. The van der Waals surface area contributed by atoms with Crippen molar-refractivity contribution >= 4 is 29.3 Å². The van der Waals surface area contributed by atoms with Gasteiger partial charge in [-0.2, -0.15) is 4.98 Å². The van der Waals surface area contributed by atoms with Crippen LogP contribution in [0.2, 0.25) is 0 Å². The summed E-state index contributed by atoms with van der Waals surface area (Å²) in [6, 6.07) is 16.4. The normalized spacial score (nSPS) is 14.9. The van der Waals surface area contributed by atoms with E-state index in [-0.39, 0.29) is 29.7 Å². The largest absolute Gasteiger partial charge is 0.497 e. The minimum atomic E-state index is -0.918. The van der Waals surface area contributed by atoms with Crippen LogP contribution >= 0.6 is 0 Å². The van der Waals surface area contributed by atoms with Gasteiger partial charge in [0.25, 0.3) is 5.56 Å². The molecule has 0 bridgehead atoms. The molecule has 158 valence electrons. The van der Waals surface area contributed by atoms with Gasteiger partial charge < -0.3 is 20.7 Å². The monoisotopic (exact) mass is 419 g/mol. The van der Waals surface area contributed by atoms with E-state index in [1.807, 2.05) is 30.3 Å². The van der Waals surface area contributed by atoms with Gasteiger partial charge in [0.2, 0.25) is 17.8 Å². The number of aromatic amines is 1. The van der Waals surface area contributed by atoms with Gasteiger partial charge in [0.05, 0.1) is 18.6 Å². The van der Waals surface area contributed by atoms with Gasteiger partial charge in [-0.1, -0.05) is 30.3 Å². The molecule has 0 radical (unpaired) electrons. The number of carbonyl (C=O) groups is 2. The Morgan fingerprint density at radius 3 is 2.58 bits per heavy atom. The van der Waals surface area contributed by atoms with Crippen LogP contribution in [0.3, 0.4) is 0 Å². The Hall–Kier alpha value is -4.14. The lowest BCUT2D eigenvalue weighted by Crippen LogP contribution is -2.39. The van der Waals surface area contributed by atoms with E-state index in [1.165, 1.54) is 0 Å². The Bertz CT molecular complexity index is 1160. The molecule has 9 heteroatoms. The lowest BCUT2D eigenvalue weighted by atomic mass is 9.92. The number of ether oxygens (including phenoxy) is 1. The average molecular weight is 419 g/mol. The van der Waals surface area contributed by atoms with Crippen molar-refractivity contribution in [3.05, 3.63) is 76.1 Å². The Balaban J connectivity index is 1.56. The predicted molar refractivity (Wildman–Crippen MR) is 115 cm³/mol. The smallest absolute Gasteiger partial charge is 0.258 e. The summed E-state index contributed by atoms with van der Waals surface area (Å²) in [7, 11) is 1.57. The number of hydrogen-bond acceptors (Lipinski definition) is 6. The van der Waals surface area contributed by atoms with Crippen LogP contribution in [0.25, 0.3) is 0 Å². The van der Waals surface area contributed by atoms with Crippen LogP contribution in [0.5, 0.6) is 5.75 Å². The van der Waals surface area contributed by atoms with Crippen molar-refractivity contribution in [2.24, 2.45) is 0 Å². The maximum absolute atomic E-state index is 12.8. The zero-order chi connectivity index (χ0) is 21.8. The van der Waals surface area contributed by atoms with Crippen molar-refractivity contribution in [3.63, 3.8) is 0 Å². The van der Waals surface area contributed by atoms with E-state index < -0.39 is 17.4 Å². The lowest BCUT2D eigenvalue weighted by molar-refractivity contribution is -0.126. The maximum Gasteiger partial charge on any atom is 0.258 e. The number of methoxy groups -OCH3 is 1. The van der Waals surface area contributed by atoms with Gasteiger partial charge in [0.15, 0.2) is 0 Å². The number of hydrogen-bond donors (Lipinski definition) is 4. The Morgan fingerprint density at radius 1 is 1.13 bits per heavy atom. The molecule has 1 aromatic heterocycles. The summed E-state index contributed by atoms with van der Waals surface area (Å²) in [4.78, 5) is 44.7. The van der Waals surface area contributed by atoms with Gasteiger partial charge >= 0.3 is 0 Å². The first-order valence-electron chi connectivity index (χ1n) is 9.70. The second-order valence-corrected chi connectivity index (χ2v) is 7.04. The summed E-state index contributed by atoms with van der Waals surface area (Å²) in [6.45, 7) is 0.301. The van der Waals surface area contributed by atoms with E-state index in [2.05, 4.69) is 25.9 Å². The summed E-state index contributed by atoms with van der Waals surface area (Å²) in [5, 5.41) is 8.37. The van der Waals surface area contributed by atoms with Crippen molar-refractivity contribution in [1.82, 2.24) is 15.3 Å². The number of anilines is 3. The maximum atomic E-state index is 12.8. The molecule has 4 N–H and O–H groups in total. The number of fused-ring (bicyclic) bond motifs is 1. The highest BCUT2D eigenvalue weighted by Crippen LogP contribution is 2.29. The van der Waals surface area contributed by atoms with Crippen LogP contribution in [-0.4, -0.2) is 28.9 Å². The molecule has 0 fully saturated rings. The standard InChI is InChI=1S/C22H21N5O4/c1-31-15-9-7-14(8-10-15)24-22-26-19-18(21(30)27-22)16(11-17(28)25-19)20(29)23-12-13-5-3-2-4-6-13/h2-10,16H,11-12H2,1H3,(H,23,29)(H3,24,25,26,27,28,30). The molecule has 1 aliphatic heterocycles. The average Bonchev–Trinajstić information content (AvgIpc) is 2.78. The van der Waals surface area contributed by atoms with E-state index in [0.29, 0.717) is 18.0 Å². The van der Waals surface area contributed by atoms with Crippen LogP contribution in [0, 0.1) is 0 Å². The highest BCUT2D eigenvalue weighted by molar-refractivity contribution is 6.00. The molecule has 1 atom stereocenters. The minimum absolute atomic E-state index is 0.0795. The van der Waals surface area contributed by atoms with E-state index >= 15 is 0 Å². The molecule has 2 heterocycles. The summed E-state index contributed by atoms with van der Waals surface area (Å²) >= 11 is 0. The SMILES string of the molecule is COc1ccc(Nc2nc3c(c(=O)[nH]2)C(C(=O)NCc2ccccc2)CC(=O)N3)cc1. The zero-order valence-electron chi connectivity index (χ0n) is 16.8. The third kappa shape index (κ3) is 4.55. The number of amides is 2. The molecule has 31 heavy (non-hydrogen) atoms. The number of rotatable bonds is 6. The first kappa shape index (κ1) is 20.1. The fourth-order valence-corrected chi connectivity index (χ4v) is 3.37. The molecule has 3 aromatic rings. The van der Waals surface area contributed by atoms with E-state index in [1.54, 1.807) is 31.4 Å². The molecule has 4 rings (SSSR count). The zero-order valence-corrected chi connectivity index (χ0v) is 16.8. The summed E-state index contributed by atoms with van der Waals surface area (Å²) < 4.78 is 5.12. The van der Waals surface area contributed by atoms with Crippen molar-refractivity contribution in [2.75, 3.05) is 17.7 Å². The van der Waals surface area contributed by atoms with Crippen molar-refractivity contribution in [1.29, 1.82) is 0 Å². The number of aromatic nitrogens is 2. The summed E-state index contributed by atoms with van der Waals surface area (Å²) in [5.74, 6) is -0.771. The highest BCUT2D eigenvalue weighted by Gasteiger charge is 2.34. The van der Waals surface area contributed by atoms with E-state index in [4.69, 9.17) is 4.74 Å². The minimum Gasteiger partial charge on any atom is -0.497 e. The molecular formula is C22H21N5O4. The van der Waals surface area contributed by atoms with Gasteiger partial charge in [0, 0.05) is 18.7 Å². The molecular weight excluding hydrogens is 398 g/mol. The molecule has 1 aliphatic rings. The molecule has 0 saturated carbocycles. The van der Waals surface area contributed by atoms with Gasteiger partial charge in [-0.15, -0.1) is 0 Å². The predicted octanol–water partition coefficient (Wildman–Crippen LogP) is 2.26. The molecule has 0 saturated heterocycles. The van der Waals surface area contributed by atoms with Crippen LogP contribution in [0.1, 0.15) is 23.5 Å². The Labute approximate surface area is 177 Å². The highest BCUT2D eigenvalue weighted by atomic mass is 16.5. The van der Waals surface area contributed by atoms with Crippen molar-refractivity contribution in [3.8, 4) is 5.75 Å². The van der Waals surface area contributed by atoms with Crippen molar-refractivity contribution < 1.29 is 14.3 Å². The van der Waals surface area contributed by atoms with Crippen LogP contribution in [0.4, 0.5) is 17.5 Å². The van der Waals surface area contributed by atoms with Crippen molar-refractivity contribution in [2.45, 2.75) is 18.9 Å². The topological polar surface area (TPSA) is 125 Å². The fraction of sp³-hybridized carbons (Fsp3) is 0.182. The molecule has 1 unspecified atom stereocenters. The second kappa shape index (κ2) is 8.70. The molecule has 2 amide bonds. The fourth-order valence-electron chi connectivity index (χ4n) is 3.37. The number of nitrogens with one attached hydrogen (secondary N) is 4. The Morgan fingerprint density at radius 2 is 1.87 bits per heavy atom. The molecule has 2 aromatic carbocycles. The number of nitrogens with zero attached hydrogens (tertiary/aromatic N) is 1. The van der Waals surface area contributed by atoms with Gasteiger partial charge in [-0.05, 0) is 29.8 Å².